The van der Waals surface area contributed by atoms with Gasteiger partial charge in [-0.3, -0.25) is 4.79 Å². The molecule has 0 spiro atoms. The molecule has 1 saturated carbocycles. The summed E-state index contributed by atoms with van der Waals surface area (Å²) in [5, 5.41) is 0. The molecular formula is C14H15BrF2O2. The van der Waals surface area contributed by atoms with Crippen LogP contribution < -0.4 is 0 Å². The van der Waals surface area contributed by atoms with E-state index in [0.717, 1.165) is 37.8 Å². The lowest BCUT2D eigenvalue weighted by Gasteiger charge is -2.22. The van der Waals surface area contributed by atoms with Gasteiger partial charge in [-0.15, -0.1) is 0 Å². The van der Waals surface area contributed by atoms with Crippen molar-refractivity contribution in [2.45, 2.75) is 31.6 Å². The first kappa shape index (κ1) is 14.4. The van der Waals surface area contributed by atoms with Crippen LogP contribution in [0, 0.1) is 17.6 Å². The van der Waals surface area contributed by atoms with E-state index in [1.54, 1.807) is 0 Å². The molecule has 0 radical (unpaired) electrons. The van der Waals surface area contributed by atoms with Crippen molar-refractivity contribution < 1.29 is 18.3 Å². The van der Waals surface area contributed by atoms with Gasteiger partial charge >= 0.3 is 5.97 Å². The smallest absolute Gasteiger partial charge is 0.313 e. The monoisotopic (exact) mass is 332 g/mol. The predicted octanol–water partition coefficient (Wildman–Crippen LogP) is 4.17. The summed E-state index contributed by atoms with van der Waals surface area (Å²) >= 11 is 2.94. The number of hydrogen-bond donors (Lipinski definition) is 0. The Labute approximate surface area is 119 Å². The molecule has 1 fully saturated rings. The van der Waals surface area contributed by atoms with E-state index in [4.69, 9.17) is 4.74 Å². The average molecular weight is 333 g/mol. The molecule has 0 heterocycles. The molecule has 0 bridgehead atoms. The third kappa shape index (κ3) is 2.96. The Bertz CT molecular complexity index is 485. The highest BCUT2D eigenvalue weighted by molar-refractivity contribution is 9.10. The third-order valence-corrected chi connectivity index (χ3v) is 4.31. The zero-order chi connectivity index (χ0) is 14.0. The van der Waals surface area contributed by atoms with Crippen LogP contribution in [0.5, 0.6) is 0 Å². The van der Waals surface area contributed by atoms with Gasteiger partial charge in [0.05, 0.1) is 17.5 Å². The number of rotatable bonds is 3. The van der Waals surface area contributed by atoms with Gasteiger partial charge in [0.15, 0.2) is 0 Å². The Morgan fingerprint density at radius 1 is 1.32 bits per heavy atom. The fourth-order valence-corrected chi connectivity index (χ4v) is 3.08. The lowest BCUT2D eigenvalue weighted by atomic mass is 9.84. The molecule has 0 unspecified atom stereocenters. The van der Waals surface area contributed by atoms with Gasteiger partial charge in [0.2, 0.25) is 0 Å². The van der Waals surface area contributed by atoms with E-state index in [9.17, 15) is 13.6 Å². The fraction of sp³-hybridized carbons (Fsp3) is 0.500. The van der Waals surface area contributed by atoms with Gasteiger partial charge in [-0.2, -0.15) is 0 Å². The molecule has 0 N–H and O–H groups in total. The van der Waals surface area contributed by atoms with E-state index in [-0.39, 0.29) is 16.0 Å². The van der Waals surface area contributed by atoms with E-state index in [1.165, 1.54) is 7.11 Å². The summed E-state index contributed by atoms with van der Waals surface area (Å²) in [7, 11) is 1.28. The molecule has 0 amide bonds. The van der Waals surface area contributed by atoms with E-state index >= 15 is 0 Å². The zero-order valence-electron chi connectivity index (χ0n) is 10.6. The van der Waals surface area contributed by atoms with Crippen molar-refractivity contribution in [3.05, 3.63) is 33.8 Å². The summed E-state index contributed by atoms with van der Waals surface area (Å²) < 4.78 is 32.5. The Morgan fingerprint density at radius 2 is 1.95 bits per heavy atom. The van der Waals surface area contributed by atoms with Crippen LogP contribution in [0.15, 0.2) is 16.6 Å². The normalized spacial score (nSPS) is 17.5. The molecule has 1 aromatic carbocycles. The summed E-state index contributed by atoms with van der Waals surface area (Å²) in [5.41, 5.74) is 0.0967. The van der Waals surface area contributed by atoms with E-state index in [0.29, 0.717) is 0 Å². The predicted molar refractivity (Wildman–Crippen MR) is 70.8 cm³/mol. The van der Waals surface area contributed by atoms with Gasteiger partial charge in [-0.25, -0.2) is 8.78 Å². The van der Waals surface area contributed by atoms with Crippen LogP contribution >= 0.6 is 15.9 Å². The Morgan fingerprint density at radius 3 is 2.53 bits per heavy atom. The van der Waals surface area contributed by atoms with Crippen LogP contribution in [0.2, 0.25) is 0 Å². The summed E-state index contributed by atoms with van der Waals surface area (Å²) in [4.78, 5) is 11.9. The van der Waals surface area contributed by atoms with Crippen LogP contribution in [-0.2, 0) is 9.53 Å². The minimum atomic E-state index is -0.713. The first-order chi connectivity index (χ1) is 9.04. The summed E-state index contributed by atoms with van der Waals surface area (Å²) in [6, 6.07) is 2.16. The average Bonchev–Trinajstić information content (AvgIpc) is 2.89. The second-order valence-electron chi connectivity index (χ2n) is 4.83. The molecule has 2 rings (SSSR count). The first-order valence-corrected chi connectivity index (χ1v) is 7.06. The topological polar surface area (TPSA) is 26.3 Å². The SMILES string of the molecule is COC(=O)[C@H](c1cc(F)c(Br)cc1F)C1CCCC1. The lowest BCUT2D eigenvalue weighted by molar-refractivity contribution is -0.143. The van der Waals surface area contributed by atoms with Crippen molar-refractivity contribution in [3.63, 3.8) is 0 Å². The highest BCUT2D eigenvalue weighted by atomic mass is 79.9. The minimum Gasteiger partial charge on any atom is -0.469 e. The van der Waals surface area contributed by atoms with Crippen LogP contribution in [0.4, 0.5) is 8.78 Å². The van der Waals surface area contributed by atoms with E-state index in [1.807, 2.05) is 0 Å². The zero-order valence-corrected chi connectivity index (χ0v) is 12.2. The van der Waals surface area contributed by atoms with Gasteiger partial charge in [-0.05, 0) is 46.8 Å². The Balaban J connectivity index is 2.42. The molecule has 5 heteroatoms. The van der Waals surface area contributed by atoms with Gasteiger partial charge in [0.25, 0.3) is 0 Å². The number of methoxy groups -OCH3 is 1. The Hall–Kier alpha value is -0.970. The number of benzene rings is 1. The third-order valence-electron chi connectivity index (χ3n) is 3.70. The van der Waals surface area contributed by atoms with E-state index in [2.05, 4.69) is 15.9 Å². The number of esters is 1. The number of carbonyl (C=O) groups excluding carboxylic acids is 1. The molecule has 0 saturated heterocycles. The van der Waals surface area contributed by atoms with E-state index < -0.39 is 23.5 Å². The van der Waals surface area contributed by atoms with Gasteiger partial charge in [0.1, 0.15) is 11.6 Å². The highest BCUT2D eigenvalue weighted by Crippen LogP contribution is 2.39. The van der Waals surface area contributed by atoms with Crippen LogP contribution in [0.25, 0.3) is 0 Å². The van der Waals surface area contributed by atoms with Crippen LogP contribution in [0.1, 0.15) is 37.2 Å². The fourth-order valence-electron chi connectivity index (χ4n) is 2.77. The maximum atomic E-state index is 14.0. The molecule has 104 valence electrons. The number of carbonyl (C=O) groups is 1. The minimum absolute atomic E-state index is 0.0301. The van der Waals surface area contributed by atoms with Crippen molar-refractivity contribution in [2.24, 2.45) is 5.92 Å². The quantitative estimate of drug-likeness (QED) is 0.613. The standard InChI is InChI=1S/C14H15BrF2O2/c1-19-14(18)13(8-4-2-3-5-8)9-6-12(17)10(15)7-11(9)16/h6-8,13H,2-5H2,1H3/t13-/m0/s1. The summed E-state index contributed by atoms with van der Waals surface area (Å²) in [5.74, 6) is -2.32. The van der Waals surface area contributed by atoms with Gasteiger partial charge in [-0.1, -0.05) is 12.8 Å². The van der Waals surface area contributed by atoms with Crippen LogP contribution in [0.3, 0.4) is 0 Å². The molecule has 1 aliphatic carbocycles. The largest absolute Gasteiger partial charge is 0.469 e. The molecule has 1 aromatic rings. The maximum absolute atomic E-state index is 14.0. The molecular weight excluding hydrogens is 318 g/mol. The highest BCUT2D eigenvalue weighted by Gasteiger charge is 2.35. The molecule has 1 aliphatic rings. The maximum Gasteiger partial charge on any atom is 0.313 e. The van der Waals surface area contributed by atoms with Crippen molar-refractivity contribution in [2.75, 3.05) is 7.11 Å². The van der Waals surface area contributed by atoms with Crippen molar-refractivity contribution in [1.29, 1.82) is 0 Å². The van der Waals surface area contributed by atoms with Crippen molar-refractivity contribution in [1.82, 2.24) is 0 Å². The van der Waals surface area contributed by atoms with Crippen molar-refractivity contribution in [3.8, 4) is 0 Å². The Kier molecular flexibility index (Phi) is 4.55. The summed E-state index contributed by atoms with van der Waals surface area (Å²) in [6.45, 7) is 0. The van der Waals surface area contributed by atoms with Crippen molar-refractivity contribution >= 4 is 21.9 Å². The molecule has 0 aromatic heterocycles. The second-order valence-corrected chi connectivity index (χ2v) is 5.69. The first-order valence-electron chi connectivity index (χ1n) is 6.27. The number of ether oxygens (including phenoxy) is 1. The molecule has 2 nitrogen and oxygen atoms in total. The summed E-state index contributed by atoms with van der Waals surface area (Å²) in [6.07, 6.45) is 3.71. The number of hydrogen-bond acceptors (Lipinski definition) is 2. The lowest BCUT2D eigenvalue weighted by Crippen LogP contribution is -2.22. The van der Waals surface area contributed by atoms with Crippen LogP contribution in [-0.4, -0.2) is 13.1 Å². The molecule has 1 atom stereocenters. The number of halogens is 3. The second kappa shape index (κ2) is 5.99. The molecule has 0 aliphatic heterocycles. The molecule has 19 heavy (non-hydrogen) atoms. The van der Waals surface area contributed by atoms with Gasteiger partial charge in [0, 0.05) is 5.56 Å². The van der Waals surface area contributed by atoms with Gasteiger partial charge < -0.3 is 4.74 Å².